The van der Waals surface area contributed by atoms with Crippen LogP contribution >= 0.6 is 0 Å². The van der Waals surface area contributed by atoms with Gasteiger partial charge in [-0.05, 0) is 45.0 Å². The molecular formula is C15H23N3O2. The van der Waals surface area contributed by atoms with E-state index in [0.717, 1.165) is 24.4 Å². The van der Waals surface area contributed by atoms with Crippen LogP contribution < -0.4 is 0 Å². The second kappa shape index (κ2) is 7.97. The summed E-state index contributed by atoms with van der Waals surface area (Å²) in [5, 5.41) is 14.0. The van der Waals surface area contributed by atoms with Crippen molar-refractivity contribution in [2.75, 3.05) is 26.2 Å². The molecule has 0 bridgehead atoms. The third kappa shape index (κ3) is 4.90. The SMILES string of the molecule is C/C(=N\OCC(O)CN1CCCCC1)c1ccncc1. The summed E-state index contributed by atoms with van der Waals surface area (Å²) in [6.07, 6.45) is 6.72. The van der Waals surface area contributed by atoms with Crippen LogP contribution in [0.2, 0.25) is 0 Å². The fourth-order valence-corrected chi connectivity index (χ4v) is 2.36. The number of aliphatic hydroxyl groups excluding tert-OH is 1. The normalized spacial score (nSPS) is 18.8. The number of piperidine rings is 1. The van der Waals surface area contributed by atoms with E-state index in [1.807, 2.05) is 19.1 Å². The van der Waals surface area contributed by atoms with Crippen LogP contribution in [0.5, 0.6) is 0 Å². The van der Waals surface area contributed by atoms with E-state index >= 15 is 0 Å². The number of likely N-dealkylation sites (tertiary alicyclic amines) is 1. The number of nitrogens with zero attached hydrogens (tertiary/aromatic N) is 3. The lowest BCUT2D eigenvalue weighted by Crippen LogP contribution is -2.38. The van der Waals surface area contributed by atoms with Gasteiger partial charge in [0.1, 0.15) is 12.7 Å². The van der Waals surface area contributed by atoms with Crippen LogP contribution in [0.1, 0.15) is 31.7 Å². The largest absolute Gasteiger partial charge is 0.393 e. The summed E-state index contributed by atoms with van der Waals surface area (Å²) >= 11 is 0. The average Bonchev–Trinajstić information content (AvgIpc) is 2.49. The highest BCUT2D eigenvalue weighted by atomic mass is 16.6. The molecule has 1 atom stereocenters. The monoisotopic (exact) mass is 277 g/mol. The standard InChI is InChI=1S/C15H23N3O2/c1-13(14-5-7-16-8-6-14)17-20-12-15(19)11-18-9-3-2-4-10-18/h5-8,15,19H,2-4,9-12H2,1H3/b17-13+. The predicted octanol–water partition coefficient (Wildman–Crippen LogP) is 1.67. The Labute approximate surface area is 120 Å². The summed E-state index contributed by atoms with van der Waals surface area (Å²) < 4.78 is 0. The van der Waals surface area contributed by atoms with Crippen molar-refractivity contribution in [3.05, 3.63) is 30.1 Å². The molecular weight excluding hydrogens is 254 g/mol. The van der Waals surface area contributed by atoms with Gasteiger partial charge in [0.2, 0.25) is 0 Å². The lowest BCUT2D eigenvalue weighted by molar-refractivity contribution is 0.0158. The quantitative estimate of drug-likeness (QED) is 0.635. The van der Waals surface area contributed by atoms with Gasteiger partial charge < -0.3 is 14.8 Å². The Morgan fingerprint density at radius 2 is 2.05 bits per heavy atom. The molecule has 1 fully saturated rings. The lowest BCUT2D eigenvalue weighted by atomic mass is 10.1. The number of β-amino-alcohol motifs (C(OH)–C–C–N with tert-alkyl or cyclic N) is 1. The molecule has 110 valence electrons. The number of aromatic nitrogens is 1. The number of rotatable bonds is 6. The number of aliphatic hydroxyl groups is 1. The smallest absolute Gasteiger partial charge is 0.144 e. The highest BCUT2D eigenvalue weighted by molar-refractivity contribution is 5.98. The van der Waals surface area contributed by atoms with Gasteiger partial charge in [0.15, 0.2) is 0 Å². The number of hydrogen-bond acceptors (Lipinski definition) is 5. The van der Waals surface area contributed by atoms with Crippen molar-refractivity contribution in [1.82, 2.24) is 9.88 Å². The Morgan fingerprint density at radius 1 is 1.35 bits per heavy atom. The second-order valence-corrected chi connectivity index (χ2v) is 5.22. The van der Waals surface area contributed by atoms with E-state index in [1.54, 1.807) is 12.4 Å². The van der Waals surface area contributed by atoms with E-state index in [1.165, 1.54) is 19.3 Å². The Hall–Kier alpha value is -1.46. The van der Waals surface area contributed by atoms with Crippen molar-refractivity contribution in [2.45, 2.75) is 32.3 Å². The van der Waals surface area contributed by atoms with Crippen LogP contribution in [0.4, 0.5) is 0 Å². The van der Waals surface area contributed by atoms with Crippen LogP contribution in [0.25, 0.3) is 0 Å². The minimum atomic E-state index is -0.484. The molecule has 1 aliphatic heterocycles. The van der Waals surface area contributed by atoms with Crippen LogP contribution in [0.3, 0.4) is 0 Å². The third-order valence-electron chi connectivity index (χ3n) is 3.48. The molecule has 1 aliphatic rings. The maximum Gasteiger partial charge on any atom is 0.144 e. The number of oxime groups is 1. The van der Waals surface area contributed by atoms with E-state index in [-0.39, 0.29) is 6.61 Å². The highest BCUT2D eigenvalue weighted by Gasteiger charge is 2.14. The third-order valence-corrected chi connectivity index (χ3v) is 3.48. The number of hydrogen-bond donors (Lipinski definition) is 1. The molecule has 0 aromatic carbocycles. The van der Waals surface area contributed by atoms with Crippen LogP contribution in [-0.4, -0.2) is 53.0 Å². The zero-order valence-electron chi connectivity index (χ0n) is 12.0. The molecule has 1 saturated heterocycles. The van der Waals surface area contributed by atoms with Crippen molar-refractivity contribution in [3.8, 4) is 0 Å². The molecule has 2 heterocycles. The van der Waals surface area contributed by atoms with Crippen LogP contribution in [0.15, 0.2) is 29.7 Å². The first kappa shape index (κ1) is 14.9. The van der Waals surface area contributed by atoms with Crippen molar-refractivity contribution < 1.29 is 9.94 Å². The molecule has 1 aromatic rings. The molecule has 0 saturated carbocycles. The topological polar surface area (TPSA) is 58.0 Å². The molecule has 1 aromatic heterocycles. The average molecular weight is 277 g/mol. The molecule has 2 rings (SSSR count). The Kier molecular flexibility index (Phi) is 5.95. The molecule has 0 radical (unpaired) electrons. The first-order valence-electron chi connectivity index (χ1n) is 7.23. The molecule has 1 N–H and O–H groups in total. The lowest BCUT2D eigenvalue weighted by Gasteiger charge is -2.27. The van der Waals surface area contributed by atoms with E-state index in [4.69, 9.17) is 4.84 Å². The van der Waals surface area contributed by atoms with Gasteiger partial charge in [-0.2, -0.15) is 0 Å². The zero-order valence-corrected chi connectivity index (χ0v) is 12.0. The zero-order chi connectivity index (χ0) is 14.2. The molecule has 0 amide bonds. The first-order chi connectivity index (χ1) is 9.75. The highest BCUT2D eigenvalue weighted by Crippen LogP contribution is 2.09. The minimum absolute atomic E-state index is 0.235. The first-order valence-corrected chi connectivity index (χ1v) is 7.23. The van der Waals surface area contributed by atoms with E-state index in [9.17, 15) is 5.11 Å². The fourth-order valence-electron chi connectivity index (χ4n) is 2.36. The van der Waals surface area contributed by atoms with Gasteiger partial charge in [-0.15, -0.1) is 0 Å². The molecule has 5 nitrogen and oxygen atoms in total. The molecule has 0 spiro atoms. The Bertz CT molecular complexity index is 416. The van der Waals surface area contributed by atoms with Crippen molar-refractivity contribution >= 4 is 5.71 Å². The second-order valence-electron chi connectivity index (χ2n) is 5.22. The molecule has 20 heavy (non-hydrogen) atoms. The summed E-state index contributed by atoms with van der Waals surface area (Å²) in [7, 11) is 0. The summed E-state index contributed by atoms with van der Waals surface area (Å²) in [6, 6.07) is 3.76. The van der Waals surface area contributed by atoms with Crippen LogP contribution in [-0.2, 0) is 4.84 Å². The van der Waals surface area contributed by atoms with Gasteiger partial charge >= 0.3 is 0 Å². The molecule has 5 heteroatoms. The summed E-state index contributed by atoms with van der Waals surface area (Å²) in [5.74, 6) is 0. The van der Waals surface area contributed by atoms with Crippen molar-refractivity contribution in [2.24, 2.45) is 5.16 Å². The predicted molar refractivity (Wildman–Crippen MR) is 78.7 cm³/mol. The van der Waals surface area contributed by atoms with E-state index < -0.39 is 6.10 Å². The van der Waals surface area contributed by atoms with Gasteiger partial charge in [-0.1, -0.05) is 11.6 Å². The van der Waals surface area contributed by atoms with Gasteiger partial charge in [0, 0.05) is 24.5 Å². The molecule has 1 unspecified atom stereocenters. The maximum absolute atomic E-state index is 9.94. The Balaban J connectivity index is 1.71. The Morgan fingerprint density at radius 3 is 2.75 bits per heavy atom. The van der Waals surface area contributed by atoms with Crippen molar-refractivity contribution in [3.63, 3.8) is 0 Å². The summed E-state index contributed by atoms with van der Waals surface area (Å²) in [4.78, 5) is 11.5. The minimum Gasteiger partial charge on any atom is -0.393 e. The van der Waals surface area contributed by atoms with Crippen molar-refractivity contribution in [1.29, 1.82) is 0 Å². The fraction of sp³-hybridized carbons (Fsp3) is 0.600. The van der Waals surface area contributed by atoms with E-state index in [0.29, 0.717) is 6.54 Å². The van der Waals surface area contributed by atoms with Gasteiger partial charge in [-0.25, -0.2) is 0 Å². The van der Waals surface area contributed by atoms with Gasteiger partial charge in [-0.3, -0.25) is 4.98 Å². The van der Waals surface area contributed by atoms with Gasteiger partial charge in [0.05, 0.1) is 5.71 Å². The maximum atomic E-state index is 9.94. The van der Waals surface area contributed by atoms with Crippen LogP contribution in [0, 0.1) is 0 Å². The van der Waals surface area contributed by atoms with Gasteiger partial charge in [0.25, 0.3) is 0 Å². The summed E-state index contributed by atoms with van der Waals surface area (Å²) in [5.41, 5.74) is 1.77. The summed E-state index contributed by atoms with van der Waals surface area (Å²) in [6.45, 7) is 4.95. The number of pyridine rings is 1. The van der Waals surface area contributed by atoms with E-state index in [2.05, 4.69) is 15.0 Å². The molecule has 0 aliphatic carbocycles.